The van der Waals surface area contributed by atoms with Gasteiger partial charge in [0.05, 0.1) is 16.5 Å². The molecule has 2 fully saturated rings. The van der Waals surface area contributed by atoms with Crippen molar-refractivity contribution in [2.45, 2.75) is 39.2 Å². The highest BCUT2D eigenvalue weighted by molar-refractivity contribution is 7.88. The fraction of sp³-hybridized carbons (Fsp3) is 0.600. The highest BCUT2D eigenvalue weighted by atomic mass is 32.2. The highest BCUT2D eigenvalue weighted by Crippen LogP contribution is 2.33. The van der Waals surface area contributed by atoms with Crippen molar-refractivity contribution in [1.29, 1.82) is 0 Å². The Morgan fingerprint density at radius 3 is 2.41 bits per heavy atom. The van der Waals surface area contributed by atoms with E-state index in [9.17, 15) is 13.2 Å². The van der Waals surface area contributed by atoms with Gasteiger partial charge in [-0.1, -0.05) is 29.9 Å². The van der Waals surface area contributed by atoms with Gasteiger partial charge in [0.1, 0.15) is 6.04 Å². The number of thiazole rings is 1. The summed E-state index contributed by atoms with van der Waals surface area (Å²) in [6.07, 6.45) is 3.53. The molecule has 9 heteroatoms. The first kappa shape index (κ1) is 20.6. The Kier molecular flexibility index (Phi) is 5.56. The summed E-state index contributed by atoms with van der Waals surface area (Å²) in [6.45, 7) is 7.27. The zero-order valence-electron chi connectivity index (χ0n) is 17.2. The van der Waals surface area contributed by atoms with Crippen LogP contribution in [0.5, 0.6) is 0 Å². The molecule has 2 saturated heterocycles. The molecule has 3 heterocycles. The van der Waals surface area contributed by atoms with Crippen LogP contribution in [0.15, 0.2) is 12.1 Å². The van der Waals surface area contributed by atoms with Crippen LogP contribution >= 0.6 is 11.3 Å². The van der Waals surface area contributed by atoms with E-state index in [-0.39, 0.29) is 5.91 Å². The second-order valence-electron chi connectivity index (χ2n) is 8.07. The first-order valence-corrected chi connectivity index (χ1v) is 12.8. The number of piperazine rings is 1. The molecule has 7 nitrogen and oxygen atoms in total. The van der Waals surface area contributed by atoms with Crippen LogP contribution in [0.4, 0.5) is 5.13 Å². The molecule has 29 heavy (non-hydrogen) atoms. The predicted octanol–water partition coefficient (Wildman–Crippen LogP) is 2.38. The number of fused-ring (bicyclic) bond motifs is 1. The fourth-order valence-corrected chi connectivity index (χ4v) is 6.54. The molecule has 1 atom stereocenters. The lowest BCUT2D eigenvalue weighted by Gasteiger charge is -2.39. The van der Waals surface area contributed by atoms with E-state index in [4.69, 9.17) is 4.98 Å². The minimum absolute atomic E-state index is 0.0502. The molecule has 0 N–H and O–H groups in total. The van der Waals surface area contributed by atoms with Crippen molar-refractivity contribution in [3.63, 3.8) is 0 Å². The molecule has 0 radical (unpaired) electrons. The molecule has 0 aliphatic carbocycles. The number of sulfonamides is 1. The number of carbonyl (C=O) groups is 1. The van der Waals surface area contributed by atoms with E-state index in [1.54, 1.807) is 11.3 Å². The minimum Gasteiger partial charge on any atom is -0.345 e. The van der Waals surface area contributed by atoms with E-state index in [2.05, 4.69) is 30.9 Å². The van der Waals surface area contributed by atoms with Gasteiger partial charge < -0.3 is 9.80 Å². The Bertz CT molecular complexity index is 987. The topological polar surface area (TPSA) is 73.8 Å². The summed E-state index contributed by atoms with van der Waals surface area (Å²) in [6, 6.07) is 3.70. The maximum atomic E-state index is 13.1. The second kappa shape index (κ2) is 7.85. The second-order valence-corrected chi connectivity index (χ2v) is 11.0. The van der Waals surface area contributed by atoms with Crippen LogP contribution in [0.1, 0.15) is 30.4 Å². The standard InChI is InChI=1S/C20H28N4O3S2/c1-14-7-8-15(2)18-17(14)21-20(28-18)23-12-10-22(11-13-23)19(25)16-6-4-5-9-24(16)29(3,26)27/h7-8,16H,4-6,9-13H2,1-3H3. The van der Waals surface area contributed by atoms with E-state index in [0.29, 0.717) is 26.1 Å². The number of anilines is 1. The number of carbonyl (C=O) groups excluding carboxylic acids is 1. The van der Waals surface area contributed by atoms with Crippen molar-refractivity contribution in [3.05, 3.63) is 23.3 Å². The van der Waals surface area contributed by atoms with Gasteiger partial charge in [0.2, 0.25) is 15.9 Å². The summed E-state index contributed by atoms with van der Waals surface area (Å²) in [5, 5.41) is 1.000. The maximum Gasteiger partial charge on any atom is 0.241 e. The van der Waals surface area contributed by atoms with Crippen LogP contribution < -0.4 is 4.90 Å². The number of benzene rings is 1. The van der Waals surface area contributed by atoms with E-state index in [1.165, 1.54) is 26.4 Å². The molecular weight excluding hydrogens is 408 g/mol. The minimum atomic E-state index is -3.37. The van der Waals surface area contributed by atoms with Crippen LogP contribution in [-0.2, 0) is 14.8 Å². The van der Waals surface area contributed by atoms with Crippen molar-refractivity contribution >= 4 is 42.6 Å². The molecule has 0 bridgehead atoms. The molecule has 1 unspecified atom stereocenters. The van der Waals surface area contributed by atoms with Crippen molar-refractivity contribution in [2.75, 3.05) is 43.9 Å². The molecule has 1 aromatic heterocycles. The van der Waals surface area contributed by atoms with E-state index in [0.717, 1.165) is 36.6 Å². The van der Waals surface area contributed by atoms with E-state index < -0.39 is 16.1 Å². The van der Waals surface area contributed by atoms with Gasteiger partial charge in [0.15, 0.2) is 5.13 Å². The van der Waals surface area contributed by atoms with Crippen LogP contribution in [0, 0.1) is 13.8 Å². The third kappa shape index (κ3) is 4.00. The van der Waals surface area contributed by atoms with Gasteiger partial charge in [-0.05, 0) is 37.8 Å². The monoisotopic (exact) mass is 436 g/mol. The summed E-state index contributed by atoms with van der Waals surface area (Å²) in [4.78, 5) is 22.0. The number of aryl methyl sites for hydroxylation is 2. The number of aromatic nitrogens is 1. The zero-order chi connectivity index (χ0) is 20.8. The molecule has 1 aromatic carbocycles. The number of piperidine rings is 1. The van der Waals surface area contributed by atoms with E-state index >= 15 is 0 Å². The van der Waals surface area contributed by atoms with Gasteiger partial charge in [-0.2, -0.15) is 4.31 Å². The maximum absolute atomic E-state index is 13.1. The number of rotatable bonds is 3. The van der Waals surface area contributed by atoms with Crippen LogP contribution in [-0.4, -0.2) is 73.5 Å². The Hall–Kier alpha value is -1.71. The molecule has 2 aliphatic heterocycles. The van der Waals surface area contributed by atoms with Crippen molar-refractivity contribution < 1.29 is 13.2 Å². The van der Waals surface area contributed by atoms with Crippen molar-refractivity contribution in [3.8, 4) is 0 Å². The largest absolute Gasteiger partial charge is 0.345 e. The molecule has 4 rings (SSSR count). The number of hydrogen-bond acceptors (Lipinski definition) is 6. The van der Waals surface area contributed by atoms with Gasteiger partial charge in [0.25, 0.3) is 0 Å². The summed E-state index contributed by atoms with van der Waals surface area (Å²) < 4.78 is 26.8. The van der Waals surface area contributed by atoms with Crippen LogP contribution in [0.2, 0.25) is 0 Å². The lowest BCUT2D eigenvalue weighted by molar-refractivity contribution is -0.136. The summed E-state index contributed by atoms with van der Waals surface area (Å²) in [5.41, 5.74) is 3.48. The van der Waals surface area contributed by atoms with E-state index in [1.807, 2.05) is 4.90 Å². The molecule has 2 aromatic rings. The third-order valence-electron chi connectivity index (χ3n) is 5.96. The van der Waals surface area contributed by atoms with Crippen LogP contribution in [0.25, 0.3) is 10.2 Å². The summed E-state index contributed by atoms with van der Waals surface area (Å²) in [5.74, 6) is -0.0502. The zero-order valence-corrected chi connectivity index (χ0v) is 18.9. The summed E-state index contributed by atoms with van der Waals surface area (Å²) >= 11 is 1.71. The predicted molar refractivity (Wildman–Crippen MR) is 117 cm³/mol. The third-order valence-corrected chi connectivity index (χ3v) is 8.50. The van der Waals surface area contributed by atoms with Gasteiger partial charge in [-0.25, -0.2) is 13.4 Å². The van der Waals surface area contributed by atoms with Crippen molar-refractivity contribution in [1.82, 2.24) is 14.2 Å². The molecular formula is C20H28N4O3S2. The quantitative estimate of drug-likeness (QED) is 0.739. The molecule has 1 amide bonds. The molecule has 2 aliphatic rings. The van der Waals surface area contributed by atoms with Gasteiger partial charge in [-0.3, -0.25) is 4.79 Å². The number of amides is 1. The molecule has 0 saturated carbocycles. The first-order valence-electron chi connectivity index (χ1n) is 10.1. The lowest BCUT2D eigenvalue weighted by Crippen LogP contribution is -2.57. The van der Waals surface area contributed by atoms with Crippen molar-refractivity contribution in [2.24, 2.45) is 0 Å². The lowest BCUT2D eigenvalue weighted by atomic mass is 10.0. The first-order chi connectivity index (χ1) is 13.8. The van der Waals surface area contributed by atoms with Gasteiger partial charge >= 0.3 is 0 Å². The number of hydrogen-bond donors (Lipinski definition) is 0. The fourth-order valence-electron chi connectivity index (χ4n) is 4.26. The molecule has 0 spiro atoms. The van der Waals surface area contributed by atoms with Gasteiger partial charge in [-0.15, -0.1) is 0 Å². The average molecular weight is 437 g/mol. The normalized spacial score (nSPS) is 21.7. The Morgan fingerprint density at radius 1 is 1.07 bits per heavy atom. The average Bonchev–Trinajstić information content (AvgIpc) is 3.17. The Balaban J connectivity index is 1.46. The van der Waals surface area contributed by atoms with Crippen LogP contribution in [0.3, 0.4) is 0 Å². The Labute approximate surface area is 176 Å². The smallest absolute Gasteiger partial charge is 0.241 e. The molecule has 158 valence electrons. The Morgan fingerprint density at radius 2 is 1.76 bits per heavy atom. The SMILES string of the molecule is Cc1ccc(C)c2sc(N3CCN(C(=O)C4CCCCN4S(C)(=O)=O)CC3)nc12. The number of nitrogens with zero attached hydrogens (tertiary/aromatic N) is 4. The highest BCUT2D eigenvalue weighted by Gasteiger charge is 2.37. The summed E-state index contributed by atoms with van der Waals surface area (Å²) in [7, 11) is -3.37. The van der Waals surface area contributed by atoms with Gasteiger partial charge in [0, 0.05) is 32.7 Å².